The summed E-state index contributed by atoms with van der Waals surface area (Å²) < 4.78 is 2.20. The molecule has 0 saturated heterocycles. The summed E-state index contributed by atoms with van der Waals surface area (Å²) in [4.78, 5) is 21.2. The Hall–Kier alpha value is -0.710. The lowest BCUT2D eigenvalue weighted by Crippen LogP contribution is -2.45. The standard InChI is InChI=1S/C7H14N2O2S/c1-3-5(2)6(8-4-10)7(11)9-12/h4-6,12H,3H2,1-2H3,(H,8,10)(H,9,11). The second-order valence-corrected chi connectivity index (χ2v) is 2.85. The fourth-order valence-corrected chi connectivity index (χ4v) is 1.02. The number of hydrogen-bond acceptors (Lipinski definition) is 3. The lowest BCUT2D eigenvalue weighted by atomic mass is 9.99. The van der Waals surface area contributed by atoms with Crippen molar-refractivity contribution in [3.05, 3.63) is 0 Å². The molecule has 0 aliphatic carbocycles. The molecule has 0 heterocycles. The highest BCUT2D eigenvalue weighted by Gasteiger charge is 2.21. The minimum absolute atomic E-state index is 0.113. The molecular weight excluding hydrogens is 176 g/mol. The highest BCUT2D eigenvalue weighted by atomic mass is 32.1. The number of thiol groups is 1. The minimum atomic E-state index is -0.481. The van der Waals surface area contributed by atoms with E-state index < -0.39 is 6.04 Å². The Morgan fingerprint density at radius 3 is 2.58 bits per heavy atom. The number of nitrogens with one attached hydrogen (secondary N) is 2. The fourth-order valence-electron chi connectivity index (χ4n) is 0.877. The van der Waals surface area contributed by atoms with E-state index in [-0.39, 0.29) is 11.8 Å². The van der Waals surface area contributed by atoms with Gasteiger partial charge in [-0.1, -0.05) is 33.1 Å². The second-order valence-electron chi connectivity index (χ2n) is 2.62. The molecule has 5 heteroatoms. The molecule has 0 aliphatic rings. The summed E-state index contributed by atoms with van der Waals surface area (Å²) in [6.07, 6.45) is 1.35. The first kappa shape index (κ1) is 11.3. The van der Waals surface area contributed by atoms with Crippen molar-refractivity contribution in [1.29, 1.82) is 0 Å². The molecule has 0 aromatic rings. The lowest BCUT2D eigenvalue weighted by molar-refractivity contribution is -0.124. The highest BCUT2D eigenvalue weighted by molar-refractivity contribution is 7.78. The van der Waals surface area contributed by atoms with Crippen molar-refractivity contribution in [2.75, 3.05) is 0 Å². The predicted octanol–water partition coefficient (Wildman–Crippen LogP) is 0.108. The topological polar surface area (TPSA) is 58.2 Å². The smallest absolute Gasteiger partial charge is 0.252 e. The van der Waals surface area contributed by atoms with Crippen LogP contribution < -0.4 is 10.0 Å². The minimum Gasteiger partial charge on any atom is -0.347 e. The predicted molar refractivity (Wildman–Crippen MR) is 49.6 cm³/mol. The van der Waals surface area contributed by atoms with E-state index >= 15 is 0 Å². The van der Waals surface area contributed by atoms with Crippen molar-refractivity contribution in [2.24, 2.45) is 5.92 Å². The zero-order valence-electron chi connectivity index (χ0n) is 7.20. The molecule has 0 saturated carbocycles. The molecule has 0 rings (SSSR count). The molecule has 2 amide bonds. The maximum Gasteiger partial charge on any atom is 0.252 e. The van der Waals surface area contributed by atoms with Crippen molar-refractivity contribution >= 4 is 25.1 Å². The van der Waals surface area contributed by atoms with Crippen LogP contribution in [0.3, 0.4) is 0 Å². The monoisotopic (exact) mass is 190 g/mol. The molecule has 2 unspecified atom stereocenters. The van der Waals surface area contributed by atoms with Crippen LogP contribution in [0.5, 0.6) is 0 Å². The molecule has 0 spiro atoms. The van der Waals surface area contributed by atoms with Crippen LogP contribution in [-0.2, 0) is 9.59 Å². The maximum absolute atomic E-state index is 11.1. The molecule has 0 aromatic carbocycles. The van der Waals surface area contributed by atoms with Crippen LogP contribution in [-0.4, -0.2) is 18.4 Å². The van der Waals surface area contributed by atoms with Crippen LogP contribution in [0.2, 0.25) is 0 Å². The van der Waals surface area contributed by atoms with E-state index in [0.29, 0.717) is 6.41 Å². The maximum atomic E-state index is 11.1. The van der Waals surface area contributed by atoms with E-state index in [1.807, 2.05) is 13.8 Å². The molecule has 2 atom stereocenters. The molecule has 0 aliphatic heterocycles. The van der Waals surface area contributed by atoms with Gasteiger partial charge in [0, 0.05) is 0 Å². The van der Waals surface area contributed by atoms with E-state index in [1.165, 1.54) is 0 Å². The Kier molecular flexibility index (Phi) is 5.53. The summed E-state index contributed by atoms with van der Waals surface area (Å²) in [5.41, 5.74) is 0. The van der Waals surface area contributed by atoms with Gasteiger partial charge in [0.1, 0.15) is 6.04 Å². The largest absolute Gasteiger partial charge is 0.347 e. The third-order valence-corrected chi connectivity index (χ3v) is 2.07. The SMILES string of the molecule is CCC(C)C(NC=O)C(=O)NS. The van der Waals surface area contributed by atoms with Gasteiger partial charge >= 0.3 is 0 Å². The van der Waals surface area contributed by atoms with Gasteiger partial charge in [-0.15, -0.1) is 0 Å². The summed E-state index contributed by atoms with van der Waals surface area (Å²) >= 11 is 3.63. The van der Waals surface area contributed by atoms with Crippen LogP contribution in [0.25, 0.3) is 0 Å². The van der Waals surface area contributed by atoms with Gasteiger partial charge in [-0.25, -0.2) is 0 Å². The first-order valence-electron chi connectivity index (χ1n) is 3.81. The Bertz CT molecular complexity index is 163. The van der Waals surface area contributed by atoms with Crippen LogP contribution in [0, 0.1) is 5.92 Å². The normalized spacial score (nSPS) is 14.6. The molecule has 0 aromatic heterocycles. The molecule has 4 nitrogen and oxygen atoms in total. The van der Waals surface area contributed by atoms with E-state index in [9.17, 15) is 9.59 Å². The Balaban J connectivity index is 4.20. The number of rotatable bonds is 5. The van der Waals surface area contributed by atoms with Crippen molar-refractivity contribution in [3.63, 3.8) is 0 Å². The van der Waals surface area contributed by atoms with Crippen molar-refractivity contribution in [2.45, 2.75) is 26.3 Å². The Morgan fingerprint density at radius 2 is 2.25 bits per heavy atom. The van der Waals surface area contributed by atoms with Gasteiger partial charge in [0.25, 0.3) is 5.91 Å². The van der Waals surface area contributed by atoms with E-state index in [0.717, 1.165) is 6.42 Å². The van der Waals surface area contributed by atoms with Gasteiger partial charge in [-0.2, -0.15) is 0 Å². The second kappa shape index (κ2) is 5.88. The molecule has 0 bridgehead atoms. The Labute approximate surface area is 77.6 Å². The number of carbonyl (C=O) groups is 2. The van der Waals surface area contributed by atoms with Gasteiger partial charge in [0.15, 0.2) is 0 Å². The Morgan fingerprint density at radius 1 is 1.67 bits per heavy atom. The zero-order chi connectivity index (χ0) is 9.56. The van der Waals surface area contributed by atoms with Crippen molar-refractivity contribution in [1.82, 2.24) is 10.0 Å². The summed E-state index contributed by atoms with van der Waals surface area (Å²) in [5, 5.41) is 2.44. The van der Waals surface area contributed by atoms with Gasteiger partial charge in [0.2, 0.25) is 6.41 Å². The first-order valence-corrected chi connectivity index (χ1v) is 4.25. The summed E-state index contributed by atoms with van der Waals surface area (Å²) in [5.74, 6) is -0.165. The average molecular weight is 190 g/mol. The molecule has 12 heavy (non-hydrogen) atoms. The fraction of sp³-hybridized carbons (Fsp3) is 0.714. The average Bonchev–Trinajstić information content (AvgIpc) is 2.11. The highest BCUT2D eigenvalue weighted by Crippen LogP contribution is 2.07. The van der Waals surface area contributed by atoms with Crippen LogP contribution in [0.4, 0.5) is 0 Å². The number of carbonyl (C=O) groups excluding carboxylic acids is 2. The molecule has 2 N–H and O–H groups in total. The zero-order valence-corrected chi connectivity index (χ0v) is 8.10. The summed E-state index contributed by atoms with van der Waals surface area (Å²) in [6.45, 7) is 3.85. The molecule has 0 radical (unpaired) electrons. The van der Waals surface area contributed by atoms with E-state index in [4.69, 9.17) is 0 Å². The van der Waals surface area contributed by atoms with Gasteiger partial charge in [0.05, 0.1) is 0 Å². The van der Waals surface area contributed by atoms with Gasteiger partial charge < -0.3 is 10.0 Å². The quantitative estimate of drug-likeness (QED) is 0.425. The van der Waals surface area contributed by atoms with Crippen LogP contribution in [0.1, 0.15) is 20.3 Å². The van der Waals surface area contributed by atoms with Crippen LogP contribution in [0.15, 0.2) is 0 Å². The first-order chi connectivity index (χ1) is 5.67. The number of amides is 2. The lowest BCUT2D eigenvalue weighted by Gasteiger charge is -2.19. The molecular formula is C7H14N2O2S. The van der Waals surface area contributed by atoms with Gasteiger partial charge in [-0.05, 0) is 5.92 Å². The van der Waals surface area contributed by atoms with Crippen molar-refractivity contribution < 1.29 is 9.59 Å². The summed E-state index contributed by atoms with van der Waals surface area (Å²) in [6, 6.07) is -0.481. The van der Waals surface area contributed by atoms with E-state index in [1.54, 1.807) is 0 Å². The third kappa shape index (κ3) is 3.13. The van der Waals surface area contributed by atoms with Gasteiger partial charge in [-0.3, -0.25) is 9.59 Å². The third-order valence-electron chi connectivity index (χ3n) is 1.85. The van der Waals surface area contributed by atoms with E-state index in [2.05, 4.69) is 22.9 Å². The van der Waals surface area contributed by atoms with Crippen molar-refractivity contribution in [3.8, 4) is 0 Å². The molecule has 70 valence electrons. The summed E-state index contributed by atoms with van der Waals surface area (Å²) in [7, 11) is 0. The van der Waals surface area contributed by atoms with Crippen LogP contribution >= 0.6 is 12.8 Å². The molecule has 0 fully saturated rings. The number of hydrogen-bond donors (Lipinski definition) is 3.